The second-order valence-electron chi connectivity index (χ2n) is 6.04. The smallest absolute Gasteiger partial charge is 0.382 e. The molecule has 132 valence electrons. The molecule has 1 heterocycles. The van der Waals surface area contributed by atoms with Crippen molar-refractivity contribution in [1.82, 2.24) is 0 Å². The van der Waals surface area contributed by atoms with Crippen molar-refractivity contribution in [2.45, 2.75) is 58.3 Å². The lowest BCUT2D eigenvalue weighted by molar-refractivity contribution is 0.285. The molecule has 24 heavy (non-hydrogen) atoms. The van der Waals surface area contributed by atoms with E-state index in [1.807, 2.05) is 0 Å². The maximum absolute atomic E-state index is 11.6. The molecule has 5 heteroatoms. The van der Waals surface area contributed by atoms with Crippen molar-refractivity contribution in [1.29, 1.82) is 0 Å². The second kappa shape index (κ2) is 9.21. The highest BCUT2D eigenvalue weighted by molar-refractivity contribution is 5.91. The van der Waals surface area contributed by atoms with Crippen molar-refractivity contribution in [3.63, 3.8) is 0 Å². The summed E-state index contributed by atoms with van der Waals surface area (Å²) >= 11 is 0. The molecule has 0 aliphatic carbocycles. The van der Waals surface area contributed by atoms with Gasteiger partial charge in [0, 0.05) is 0 Å². The van der Waals surface area contributed by atoms with Crippen LogP contribution in [0.2, 0.25) is 0 Å². The van der Waals surface area contributed by atoms with Crippen LogP contribution in [0.4, 0.5) is 0 Å². The van der Waals surface area contributed by atoms with Crippen LogP contribution < -0.4 is 10.4 Å². The van der Waals surface area contributed by atoms with E-state index >= 15 is 0 Å². The van der Waals surface area contributed by atoms with Gasteiger partial charge in [0.25, 0.3) is 0 Å². The molecule has 0 saturated heterocycles. The summed E-state index contributed by atoms with van der Waals surface area (Å²) in [7, 11) is 0. The number of aromatic hydroxyl groups is 2. The molecular weight excluding hydrogens is 308 g/mol. The number of rotatable bonds is 10. The number of ether oxygens (including phenoxy) is 1. The van der Waals surface area contributed by atoms with Gasteiger partial charge in [-0.3, -0.25) is 0 Å². The molecule has 2 N–H and O–H groups in total. The third-order valence-corrected chi connectivity index (χ3v) is 4.09. The van der Waals surface area contributed by atoms with Crippen molar-refractivity contribution >= 4 is 11.0 Å². The normalized spacial score (nSPS) is 11.0. The minimum absolute atomic E-state index is 0.00213. The van der Waals surface area contributed by atoms with Gasteiger partial charge in [-0.05, 0) is 18.6 Å². The van der Waals surface area contributed by atoms with E-state index in [0.29, 0.717) is 6.61 Å². The Kier molecular flexibility index (Phi) is 6.97. The van der Waals surface area contributed by atoms with Gasteiger partial charge in [0.15, 0.2) is 5.75 Å². The van der Waals surface area contributed by atoms with Crippen LogP contribution in [-0.2, 0) is 0 Å². The van der Waals surface area contributed by atoms with Crippen LogP contribution in [-0.4, -0.2) is 16.8 Å². The highest BCUT2D eigenvalue weighted by Crippen LogP contribution is 2.37. The first-order valence-corrected chi connectivity index (χ1v) is 8.75. The number of phenolic OH excluding ortho intramolecular Hbond substituents is 1. The van der Waals surface area contributed by atoms with Crippen LogP contribution >= 0.6 is 0 Å². The Hall–Kier alpha value is -2.17. The van der Waals surface area contributed by atoms with E-state index in [9.17, 15) is 15.0 Å². The standard InChI is InChI=1S/C19H26O5/c1-2-3-4-5-6-7-8-9-13-23-18-16-14(20)11-10-12-15(16)24-19(22)17(18)21/h10-12,20-21H,2-9,13H2,1H3. The van der Waals surface area contributed by atoms with Crippen LogP contribution in [0.25, 0.3) is 11.0 Å². The largest absolute Gasteiger partial charge is 0.507 e. The lowest BCUT2D eigenvalue weighted by atomic mass is 10.1. The predicted molar refractivity (Wildman–Crippen MR) is 93.9 cm³/mol. The molecule has 5 nitrogen and oxygen atoms in total. The van der Waals surface area contributed by atoms with Crippen molar-refractivity contribution in [3.05, 3.63) is 28.6 Å². The minimum atomic E-state index is -0.862. The summed E-state index contributed by atoms with van der Waals surface area (Å²) < 4.78 is 10.5. The Morgan fingerprint density at radius 2 is 1.67 bits per heavy atom. The summed E-state index contributed by atoms with van der Waals surface area (Å²) in [6.07, 6.45) is 9.38. The summed E-state index contributed by atoms with van der Waals surface area (Å²) in [5.74, 6) is -0.677. The molecule has 0 aliphatic rings. The average molecular weight is 334 g/mol. The van der Waals surface area contributed by atoms with Gasteiger partial charge >= 0.3 is 5.63 Å². The molecule has 1 aromatic carbocycles. The average Bonchev–Trinajstić information content (AvgIpc) is 2.56. The fourth-order valence-electron chi connectivity index (χ4n) is 2.74. The van der Waals surface area contributed by atoms with Crippen molar-refractivity contribution < 1.29 is 19.4 Å². The predicted octanol–water partition coefficient (Wildman–Crippen LogP) is 4.72. The highest BCUT2D eigenvalue weighted by Gasteiger charge is 2.17. The van der Waals surface area contributed by atoms with Crippen molar-refractivity contribution in [2.24, 2.45) is 0 Å². The van der Waals surface area contributed by atoms with Crippen LogP contribution in [0, 0.1) is 0 Å². The van der Waals surface area contributed by atoms with E-state index in [-0.39, 0.29) is 22.5 Å². The summed E-state index contributed by atoms with van der Waals surface area (Å²) in [4.78, 5) is 11.6. The third-order valence-electron chi connectivity index (χ3n) is 4.09. The number of hydrogen-bond donors (Lipinski definition) is 2. The van der Waals surface area contributed by atoms with Gasteiger partial charge in [0.05, 0.1) is 6.61 Å². The number of phenols is 1. The number of fused-ring (bicyclic) bond motifs is 1. The zero-order chi connectivity index (χ0) is 17.4. The quantitative estimate of drug-likeness (QED) is 0.485. The van der Waals surface area contributed by atoms with Crippen molar-refractivity contribution in [3.8, 4) is 17.2 Å². The SMILES string of the molecule is CCCCCCCCCCOc1c(O)c(=O)oc2cccc(O)c12. The third kappa shape index (κ3) is 4.66. The molecule has 0 unspecified atom stereocenters. The Labute approximate surface area is 141 Å². The molecule has 0 amide bonds. The summed E-state index contributed by atoms with van der Waals surface area (Å²) in [6.45, 7) is 2.59. The van der Waals surface area contributed by atoms with Crippen LogP contribution in [0.5, 0.6) is 17.2 Å². The molecule has 0 fully saturated rings. The monoisotopic (exact) mass is 334 g/mol. The summed E-state index contributed by atoms with van der Waals surface area (Å²) in [5.41, 5.74) is -0.664. The maximum Gasteiger partial charge on any atom is 0.382 e. The number of benzene rings is 1. The fourth-order valence-corrected chi connectivity index (χ4v) is 2.74. The van der Waals surface area contributed by atoms with Gasteiger partial charge in [-0.1, -0.05) is 57.9 Å². The van der Waals surface area contributed by atoms with Gasteiger partial charge in [-0.2, -0.15) is 0 Å². The van der Waals surface area contributed by atoms with Crippen LogP contribution in [0.1, 0.15) is 58.3 Å². The Morgan fingerprint density at radius 1 is 1.00 bits per heavy atom. The van der Waals surface area contributed by atoms with Gasteiger partial charge in [-0.15, -0.1) is 0 Å². The number of hydrogen-bond acceptors (Lipinski definition) is 5. The molecule has 2 rings (SSSR count). The summed E-state index contributed by atoms with van der Waals surface area (Å²) in [5, 5.41) is 20.1. The van der Waals surface area contributed by atoms with E-state index in [0.717, 1.165) is 19.3 Å². The molecule has 0 aliphatic heterocycles. The van der Waals surface area contributed by atoms with Gasteiger partial charge in [0.2, 0.25) is 5.75 Å². The molecule has 0 atom stereocenters. The first-order valence-electron chi connectivity index (χ1n) is 8.75. The molecule has 0 radical (unpaired) electrons. The molecular formula is C19H26O5. The lowest BCUT2D eigenvalue weighted by Gasteiger charge is -2.11. The van der Waals surface area contributed by atoms with Crippen LogP contribution in [0.15, 0.2) is 27.4 Å². The van der Waals surface area contributed by atoms with E-state index in [4.69, 9.17) is 9.15 Å². The zero-order valence-electron chi connectivity index (χ0n) is 14.2. The van der Waals surface area contributed by atoms with Crippen LogP contribution in [0.3, 0.4) is 0 Å². The van der Waals surface area contributed by atoms with Gasteiger partial charge in [-0.25, -0.2) is 4.79 Å². The van der Waals surface area contributed by atoms with Crippen molar-refractivity contribution in [2.75, 3.05) is 6.61 Å². The summed E-state index contributed by atoms with van der Waals surface area (Å²) in [6, 6.07) is 4.59. The molecule has 2 aromatic rings. The first kappa shape index (κ1) is 18.2. The Bertz CT molecular complexity index is 705. The van der Waals surface area contributed by atoms with E-state index in [2.05, 4.69) is 6.92 Å². The maximum atomic E-state index is 11.6. The molecule has 0 bridgehead atoms. The lowest BCUT2D eigenvalue weighted by Crippen LogP contribution is -2.05. The Morgan fingerprint density at radius 3 is 2.38 bits per heavy atom. The second-order valence-corrected chi connectivity index (χ2v) is 6.04. The number of unbranched alkanes of at least 4 members (excludes halogenated alkanes) is 7. The van der Waals surface area contributed by atoms with E-state index < -0.39 is 11.4 Å². The van der Waals surface area contributed by atoms with E-state index in [1.165, 1.54) is 38.2 Å². The Balaban J connectivity index is 1.89. The molecule has 0 spiro atoms. The first-order chi connectivity index (χ1) is 11.6. The topological polar surface area (TPSA) is 79.9 Å². The zero-order valence-corrected chi connectivity index (χ0v) is 14.2. The van der Waals surface area contributed by atoms with Gasteiger partial charge < -0.3 is 19.4 Å². The minimum Gasteiger partial charge on any atom is -0.507 e. The van der Waals surface area contributed by atoms with E-state index in [1.54, 1.807) is 12.1 Å². The molecule has 1 aromatic heterocycles. The van der Waals surface area contributed by atoms with Gasteiger partial charge in [0.1, 0.15) is 16.7 Å². The fraction of sp³-hybridized carbons (Fsp3) is 0.526. The highest BCUT2D eigenvalue weighted by atomic mass is 16.5. The molecule has 0 saturated carbocycles.